The predicted octanol–water partition coefficient (Wildman–Crippen LogP) is 3.25. The fraction of sp³-hybridized carbons (Fsp3) is 0.611. The summed E-state index contributed by atoms with van der Waals surface area (Å²) in [5, 5.41) is 3.33. The fourth-order valence-electron chi connectivity index (χ4n) is 3.73. The van der Waals surface area contributed by atoms with E-state index in [-0.39, 0.29) is 24.0 Å². The first-order chi connectivity index (χ1) is 10.7. The number of halogens is 1. The van der Waals surface area contributed by atoms with Crippen LogP contribution in [0.5, 0.6) is 0 Å². The average molecular weight is 428 g/mol. The molecule has 1 fully saturated rings. The van der Waals surface area contributed by atoms with Gasteiger partial charge in [0.15, 0.2) is 5.96 Å². The van der Waals surface area contributed by atoms with Gasteiger partial charge in [-0.3, -0.25) is 4.99 Å². The second kappa shape index (κ2) is 8.87. The van der Waals surface area contributed by atoms with Gasteiger partial charge in [-0.15, -0.1) is 24.0 Å². The molecule has 4 nitrogen and oxygen atoms in total. The van der Waals surface area contributed by atoms with Crippen LogP contribution < -0.4 is 11.1 Å². The van der Waals surface area contributed by atoms with Gasteiger partial charge in [-0.05, 0) is 75.2 Å². The quantitative estimate of drug-likeness (QED) is 0.442. The minimum absolute atomic E-state index is 0. The molecule has 1 aliphatic heterocycles. The smallest absolute Gasteiger partial charge is 0.193 e. The summed E-state index contributed by atoms with van der Waals surface area (Å²) in [5.41, 5.74) is 10.2. The molecule has 1 aromatic carbocycles. The van der Waals surface area contributed by atoms with E-state index >= 15 is 0 Å². The molecule has 3 N–H and O–H groups in total. The molecule has 0 amide bonds. The summed E-state index contributed by atoms with van der Waals surface area (Å²) in [6.45, 7) is 3.18. The third kappa shape index (κ3) is 5.08. The van der Waals surface area contributed by atoms with Gasteiger partial charge in [-0.1, -0.05) is 12.1 Å². The summed E-state index contributed by atoms with van der Waals surface area (Å²) in [6, 6.07) is 6.49. The van der Waals surface area contributed by atoms with E-state index in [2.05, 4.69) is 40.5 Å². The molecule has 128 valence electrons. The third-order valence-electron chi connectivity index (χ3n) is 4.90. The van der Waals surface area contributed by atoms with Crippen LogP contribution in [0.2, 0.25) is 0 Å². The maximum Gasteiger partial charge on any atom is 0.193 e. The molecule has 0 radical (unpaired) electrons. The van der Waals surface area contributed by atoms with Crippen molar-refractivity contribution < 1.29 is 0 Å². The van der Waals surface area contributed by atoms with Crippen LogP contribution in [0.15, 0.2) is 23.2 Å². The summed E-state index contributed by atoms with van der Waals surface area (Å²) in [6.07, 6.45) is 7.46. The van der Waals surface area contributed by atoms with Crippen molar-refractivity contribution in [2.45, 2.75) is 38.5 Å². The van der Waals surface area contributed by atoms with Gasteiger partial charge in [0.05, 0.1) is 0 Å². The lowest BCUT2D eigenvalue weighted by Crippen LogP contribution is -2.34. The SMILES string of the molecule is CN1CCCC(CN=C(N)Nc2cccc3c2CCCC3)C1.I. The van der Waals surface area contributed by atoms with Gasteiger partial charge in [0, 0.05) is 18.8 Å². The number of anilines is 1. The highest BCUT2D eigenvalue weighted by Gasteiger charge is 2.17. The van der Waals surface area contributed by atoms with Crippen molar-refractivity contribution in [1.82, 2.24) is 4.90 Å². The molecule has 23 heavy (non-hydrogen) atoms. The Kier molecular flexibility index (Phi) is 7.14. The van der Waals surface area contributed by atoms with E-state index in [0.717, 1.165) is 25.2 Å². The maximum atomic E-state index is 6.12. The number of fused-ring (bicyclic) bond motifs is 1. The Labute approximate surface area is 156 Å². The molecule has 1 atom stereocenters. The van der Waals surface area contributed by atoms with Crippen LogP contribution in [0.1, 0.15) is 36.8 Å². The third-order valence-corrected chi connectivity index (χ3v) is 4.90. The van der Waals surface area contributed by atoms with Crippen molar-refractivity contribution in [3.63, 3.8) is 0 Å². The molecule has 1 aromatic rings. The van der Waals surface area contributed by atoms with Crippen LogP contribution in [-0.4, -0.2) is 37.5 Å². The summed E-state index contributed by atoms with van der Waals surface area (Å²) >= 11 is 0. The van der Waals surface area contributed by atoms with Crippen molar-refractivity contribution in [3.8, 4) is 0 Å². The van der Waals surface area contributed by atoms with Crippen molar-refractivity contribution >= 4 is 35.6 Å². The molecule has 0 saturated carbocycles. The maximum absolute atomic E-state index is 6.12. The number of nitrogens with zero attached hydrogens (tertiary/aromatic N) is 2. The molecule has 1 heterocycles. The summed E-state index contributed by atoms with van der Waals surface area (Å²) < 4.78 is 0. The van der Waals surface area contributed by atoms with E-state index in [1.807, 2.05) is 0 Å². The van der Waals surface area contributed by atoms with Crippen LogP contribution in [0, 0.1) is 5.92 Å². The van der Waals surface area contributed by atoms with E-state index in [4.69, 9.17) is 5.73 Å². The highest BCUT2D eigenvalue weighted by molar-refractivity contribution is 14.0. The Bertz CT molecular complexity index is 544. The number of nitrogens with one attached hydrogen (secondary N) is 1. The molecule has 1 unspecified atom stereocenters. The number of benzene rings is 1. The van der Waals surface area contributed by atoms with Crippen LogP contribution in [0.25, 0.3) is 0 Å². The van der Waals surface area contributed by atoms with Crippen LogP contribution in [0.3, 0.4) is 0 Å². The monoisotopic (exact) mass is 428 g/mol. The van der Waals surface area contributed by atoms with Crippen molar-refractivity contribution in [2.24, 2.45) is 16.6 Å². The average Bonchev–Trinajstić information content (AvgIpc) is 2.53. The van der Waals surface area contributed by atoms with Crippen LogP contribution in [0.4, 0.5) is 5.69 Å². The second-order valence-corrected chi connectivity index (χ2v) is 6.77. The first-order valence-electron chi connectivity index (χ1n) is 8.58. The number of aliphatic imine (C=N–C) groups is 1. The minimum Gasteiger partial charge on any atom is -0.370 e. The van der Waals surface area contributed by atoms with Gasteiger partial charge in [-0.25, -0.2) is 0 Å². The van der Waals surface area contributed by atoms with Crippen LogP contribution >= 0.6 is 24.0 Å². The standard InChI is InChI=1S/C18H28N4.HI/c1-22-11-5-6-14(13-22)12-20-18(19)21-17-10-4-8-15-7-2-3-9-16(15)17;/h4,8,10,14H,2-3,5-7,9,11-13H2,1H3,(H3,19,20,21);1H. The van der Waals surface area contributed by atoms with Crippen molar-refractivity contribution in [3.05, 3.63) is 29.3 Å². The fourth-order valence-corrected chi connectivity index (χ4v) is 3.73. The van der Waals surface area contributed by atoms with Gasteiger partial charge in [0.2, 0.25) is 0 Å². The Morgan fingerprint density at radius 2 is 2.13 bits per heavy atom. The topological polar surface area (TPSA) is 53.6 Å². The Balaban J connectivity index is 0.00000192. The number of piperidine rings is 1. The lowest BCUT2D eigenvalue weighted by molar-refractivity contribution is 0.214. The molecule has 0 bridgehead atoms. The first kappa shape index (κ1) is 18.5. The highest BCUT2D eigenvalue weighted by Crippen LogP contribution is 2.27. The molecular formula is C18H29IN4. The molecule has 3 rings (SSSR count). The van der Waals surface area contributed by atoms with Crippen molar-refractivity contribution in [1.29, 1.82) is 0 Å². The molecule has 1 saturated heterocycles. The van der Waals surface area contributed by atoms with E-state index in [1.54, 1.807) is 0 Å². The summed E-state index contributed by atoms with van der Waals surface area (Å²) in [5.74, 6) is 1.20. The lowest BCUT2D eigenvalue weighted by atomic mass is 9.90. The van der Waals surface area contributed by atoms with E-state index in [0.29, 0.717) is 11.9 Å². The Morgan fingerprint density at radius 3 is 2.96 bits per heavy atom. The lowest BCUT2D eigenvalue weighted by Gasteiger charge is -2.28. The molecule has 0 aromatic heterocycles. The molecule has 0 spiro atoms. The predicted molar refractivity (Wildman–Crippen MR) is 109 cm³/mol. The minimum atomic E-state index is 0. The number of nitrogens with two attached hydrogens (primary N) is 1. The molecule has 1 aliphatic carbocycles. The number of hydrogen-bond acceptors (Lipinski definition) is 2. The normalized spacial score (nSPS) is 22.1. The Hall–Kier alpha value is -0.820. The Morgan fingerprint density at radius 1 is 1.30 bits per heavy atom. The number of aryl methyl sites for hydroxylation is 1. The summed E-state index contributed by atoms with van der Waals surface area (Å²) in [7, 11) is 2.19. The van der Waals surface area contributed by atoms with E-state index < -0.39 is 0 Å². The zero-order chi connectivity index (χ0) is 15.4. The van der Waals surface area contributed by atoms with Gasteiger partial charge in [0.1, 0.15) is 0 Å². The number of hydrogen-bond donors (Lipinski definition) is 2. The van der Waals surface area contributed by atoms with Gasteiger partial charge < -0.3 is 16.0 Å². The van der Waals surface area contributed by atoms with Gasteiger partial charge in [0.25, 0.3) is 0 Å². The number of likely N-dealkylation sites (tertiary alicyclic amines) is 1. The zero-order valence-corrected chi connectivity index (χ0v) is 16.4. The molecule has 2 aliphatic rings. The number of rotatable bonds is 3. The van der Waals surface area contributed by atoms with E-state index in [9.17, 15) is 0 Å². The molecular weight excluding hydrogens is 399 g/mol. The van der Waals surface area contributed by atoms with Gasteiger partial charge in [-0.2, -0.15) is 0 Å². The summed E-state index contributed by atoms with van der Waals surface area (Å²) in [4.78, 5) is 6.97. The second-order valence-electron chi connectivity index (χ2n) is 6.77. The highest BCUT2D eigenvalue weighted by atomic mass is 127. The largest absolute Gasteiger partial charge is 0.370 e. The van der Waals surface area contributed by atoms with E-state index in [1.165, 1.54) is 49.8 Å². The van der Waals surface area contributed by atoms with Crippen LogP contribution in [-0.2, 0) is 12.8 Å². The molecule has 5 heteroatoms. The number of guanidine groups is 1. The first-order valence-corrected chi connectivity index (χ1v) is 8.58. The van der Waals surface area contributed by atoms with Crippen molar-refractivity contribution in [2.75, 3.05) is 32.0 Å². The van der Waals surface area contributed by atoms with Gasteiger partial charge >= 0.3 is 0 Å². The zero-order valence-electron chi connectivity index (χ0n) is 14.1.